The summed E-state index contributed by atoms with van der Waals surface area (Å²) in [5, 5.41) is 0.352. The van der Waals surface area contributed by atoms with Crippen molar-refractivity contribution in [2.75, 3.05) is 45.3 Å². The number of hydrogen-bond donors (Lipinski definition) is 0. The van der Waals surface area contributed by atoms with Crippen LogP contribution in [0.25, 0.3) is 10.2 Å². The minimum Gasteiger partial charge on any atom is -0.493 e. The molecule has 31 heavy (non-hydrogen) atoms. The molecule has 0 unspecified atom stereocenters. The van der Waals surface area contributed by atoms with E-state index in [9.17, 15) is 13.6 Å². The van der Waals surface area contributed by atoms with Crippen molar-refractivity contribution in [1.82, 2.24) is 9.88 Å². The van der Waals surface area contributed by atoms with E-state index in [-0.39, 0.29) is 6.54 Å². The lowest BCUT2D eigenvalue weighted by Crippen LogP contribution is -2.39. The first-order valence-corrected chi connectivity index (χ1v) is 10.8. The summed E-state index contributed by atoms with van der Waals surface area (Å²) in [4.78, 5) is 21.3. The quantitative estimate of drug-likeness (QED) is 0.479. The second kappa shape index (κ2) is 10.0. The maximum atomic E-state index is 14.4. The van der Waals surface area contributed by atoms with E-state index in [0.29, 0.717) is 28.7 Å². The monoisotopic (exact) mass is 449 g/mol. The number of nitrogens with zero attached hydrogens (tertiary/aromatic N) is 3. The van der Waals surface area contributed by atoms with Crippen molar-refractivity contribution in [3.05, 3.63) is 47.5 Å². The summed E-state index contributed by atoms with van der Waals surface area (Å²) < 4.78 is 40.2. The third-order valence-corrected chi connectivity index (χ3v) is 6.11. The van der Waals surface area contributed by atoms with Gasteiger partial charge >= 0.3 is 0 Å². The SMILES string of the molecule is CCN(CC)CCN(C(=O)c1c(F)cccc1F)c1nc2cc(OC)c(OC)cc2s1. The average molecular weight is 450 g/mol. The van der Waals surface area contributed by atoms with Crippen LogP contribution in [0.15, 0.2) is 30.3 Å². The number of ether oxygens (including phenoxy) is 2. The van der Waals surface area contributed by atoms with E-state index in [2.05, 4.69) is 9.88 Å². The first-order valence-electron chi connectivity index (χ1n) is 9.94. The molecule has 0 atom stereocenters. The highest BCUT2D eigenvalue weighted by Crippen LogP contribution is 2.37. The molecular formula is C22H25F2N3O3S. The maximum absolute atomic E-state index is 14.4. The molecule has 0 fully saturated rings. The minimum absolute atomic E-state index is 0.238. The first kappa shape index (κ1) is 22.9. The van der Waals surface area contributed by atoms with E-state index in [1.54, 1.807) is 12.1 Å². The second-order valence-electron chi connectivity index (χ2n) is 6.75. The number of halogens is 2. The van der Waals surface area contributed by atoms with E-state index >= 15 is 0 Å². The Hall–Kier alpha value is -2.78. The summed E-state index contributed by atoms with van der Waals surface area (Å²) in [5.41, 5.74) is 0.0174. The summed E-state index contributed by atoms with van der Waals surface area (Å²) >= 11 is 1.25. The molecule has 1 aromatic heterocycles. The third-order valence-electron chi connectivity index (χ3n) is 5.07. The number of fused-ring (bicyclic) bond motifs is 1. The van der Waals surface area contributed by atoms with E-state index in [0.717, 1.165) is 29.9 Å². The fourth-order valence-corrected chi connectivity index (χ4v) is 4.26. The van der Waals surface area contributed by atoms with Crippen molar-refractivity contribution < 1.29 is 23.0 Å². The van der Waals surface area contributed by atoms with Gasteiger partial charge in [0.2, 0.25) is 0 Å². The summed E-state index contributed by atoms with van der Waals surface area (Å²) in [5.74, 6) is -1.52. The molecule has 166 valence electrons. The van der Waals surface area contributed by atoms with Crippen molar-refractivity contribution in [3.63, 3.8) is 0 Å². The van der Waals surface area contributed by atoms with Crippen molar-refractivity contribution in [3.8, 4) is 11.5 Å². The number of carbonyl (C=O) groups is 1. The fraction of sp³-hybridized carbons (Fsp3) is 0.364. The van der Waals surface area contributed by atoms with E-state index in [1.807, 2.05) is 13.8 Å². The Kier molecular flexibility index (Phi) is 7.40. The van der Waals surface area contributed by atoms with Gasteiger partial charge in [-0.05, 0) is 25.2 Å². The lowest BCUT2D eigenvalue weighted by molar-refractivity contribution is 0.0975. The Bertz CT molecular complexity index is 1010. The molecule has 0 saturated heterocycles. The predicted octanol–water partition coefficient (Wildman–Crippen LogP) is 4.58. The van der Waals surface area contributed by atoms with E-state index < -0.39 is 23.1 Å². The molecule has 9 heteroatoms. The highest BCUT2D eigenvalue weighted by molar-refractivity contribution is 7.22. The van der Waals surface area contributed by atoms with Gasteiger partial charge in [0.05, 0.1) is 24.4 Å². The van der Waals surface area contributed by atoms with Gasteiger partial charge in [-0.25, -0.2) is 13.8 Å². The number of rotatable bonds is 9. The van der Waals surface area contributed by atoms with Crippen LogP contribution in [0.2, 0.25) is 0 Å². The van der Waals surface area contributed by atoms with Gasteiger partial charge in [-0.2, -0.15) is 0 Å². The van der Waals surface area contributed by atoms with Crippen molar-refractivity contribution in [2.45, 2.75) is 13.8 Å². The molecule has 0 radical (unpaired) electrons. The number of aromatic nitrogens is 1. The summed E-state index contributed by atoms with van der Waals surface area (Å²) in [6, 6.07) is 6.87. The Morgan fingerprint density at radius 2 is 1.65 bits per heavy atom. The van der Waals surface area contributed by atoms with Gasteiger partial charge in [-0.3, -0.25) is 9.69 Å². The first-order chi connectivity index (χ1) is 14.9. The number of carbonyl (C=O) groups excluding carboxylic acids is 1. The number of hydrogen-bond acceptors (Lipinski definition) is 6. The highest BCUT2D eigenvalue weighted by Gasteiger charge is 2.27. The number of methoxy groups -OCH3 is 2. The van der Waals surface area contributed by atoms with Crippen LogP contribution in [-0.4, -0.2) is 56.2 Å². The molecule has 0 aliphatic carbocycles. The Morgan fingerprint density at radius 3 is 2.23 bits per heavy atom. The molecule has 3 rings (SSSR count). The Morgan fingerprint density at radius 1 is 1.03 bits per heavy atom. The average Bonchev–Trinajstić information content (AvgIpc) is 3.17. The van der Waals surface area contributed by atoms with Crippen LogP contribution < -0.4 is 14.4 Å². The van der Waals surface area contributed by atoms with Crippen LogP contribution in [0.4, 0.5) is 13.9 Å². The summed E-state index contributed by atoms with van der Waals surface area (Å²) in [6.07, 6.45) is 0. The largest absolute Gasteiger partial charge is 0.493 e. The van der Waals surface area contributed by atoms with Crippen LogP contribution in [0.1, 0.15) is 24.2 Å². The minimum atomic E-state index is -0.901. The maximum Gasteiger partial charge on any atom is 0.266 e. The molecule has 0 aliphatic heterocycles. The number of thiazole rings is 1. The van der Waals surface area contributed by atoms with Crippen molar-refractivity contribution in [1.29, 1.82) is 0 Å². The predicted molar refractivity (Wildman–Crippen MR) is 119 cm³/mol. The molecule has 0 N–H and O–H groups in total. The number of anilines is 1. The van der Waals surface area contributed by atoms with Crippen LogP contribution in [0.5, 0.6) is 11.5 Å². The number of amides is 1. The molecule has 6 nitrogen and oxygen atoms in total. The second-order valence-corrected chi connectivity index (χ2v) is 7.76. The molecular weight excluding hydrogens is 424 g/mol. The molecule has 3 aromatic rings. The molecule has 0 saturated carbocycles. The lowest BCUT2D eigenvalue weighted by Gasteiger charge is -2.25. The molecule has 0 aliphatic rings. The van der Waals surface area contributed by atoms with Gasteiger partial charge in [0, 0.05) is 25.2 Å². The zero-order valence-electron chi connectivity index (χ0n) is 17.9. The molecule has 0 spiro atoms. The molecule has 2 aromatic carbocycles. The van der Waals surface area contributed by atoms with E-state index in [4.69, 9.17) is 9.47 Å². The molecule has 0 bridgehead atoms. The standard InChI is InChI=1S/C22H25F2N3O3S/c1-5-26(6-2)10-11-27(21(28)20-14(23)8-7-9-15(20)24)22-25-16-12-17(29-3)18(30-4)13-19(16)31-22/h7-9,12-13H,5-6,10-11H2,1-4H3. The normalized spacial score (nSPS) is 11.2. The summed E-state index contributed by atoms with van der Waals surface area (Å²) in [6.45, 7) is 6.40. The number of likely N-dealkylation sites (N-methyl/N-ethyl adjacent to an activating group) is 1. The Labute approximate surface area is 184 Å². The van der Waals surface area contributed by atoms with Crippen LogP contribution in [0, 0.1) is 11.6 Å². The molecule has 1 heterocycles. The highest BCUT2D eigenvalue weighted by atomic mass is 32.1. The van der Waals surface area contributed by atoms with Gasteiger partial charge < -0.3 is 14.4 Å². The van der Waals surface area contributed by atoms with Crippen LogP contribution >= 0.6 is 11.3 Å². The number of benzene rings is 2. The van der Waals surface area contributed by atoms with E-state index in [1.165, 1.54) is 36.5 Å². The van der Waals surface area contributed by atoms with Gasteiger partial charge in [0.15, 0.2) is 16.6 Å². The van der Waals surface area contributed by atoms with Gasteiger partial charge in [0.25, 0.3) is 5.91 Å². The third kappa shape index (κ3) is 4.77. The zero-order valence-corrected chi connectivity index (χ0v) is 18.8. The van der Waals surface area contributed by atoms with Crippen molar-refractivity contribution in [2.24, 2.45) is 0 Å². The van der Waals surface area contributed by atoms with Gasteiger partial charge in [-0.1, -0.05) is 31.3 Å². The topological polar surface area (TPSA) is 54.9 Å². The lowest BCUT2D eigenvalue weighted by atomic mass is 10.1. The van der Waals surface area contributed by atoms with Gasteiger partial charge in [-0.15, -0.1) is 0 Å². The van der Waals surface area contributed by atoms with Crippen molar-refractivity contribution >= 4 is 32.6 Å². The van der Waals surface area contributed by atoms with Crippen LogP contribution in [-0.2, 0) is 0 Å². The smallest absolute Gasteiger partial charge is 0.266 e. The Balaban J connectivity index is 2.06. The molecule has 1 amide bonds. The van der Waals surface area contributed by atoms with Gasteiger partial charge in [0.1, 0.15) is 17.2 Å². The van der Waals surface area contributed by atoms with Crippen LogP contribution in [0.3, 0.4) is 0 Å². The summed E-state index contributed by atoms with van der Waals surface area (Å²) in [7, 11) is 3.06. The zero-order chi connectivity index (χ0) is 22.5. The fourth-order valence-electron chi connectivity index (χ4n) is 3.26.